The first-order valence-electron chi connectivity index (χ1n) is 11.0. The number of carbonyl (C=O) groups excluding carboxylic acids is 4. The smallest absolute Gasteiger partial charge is 0.242 e. The molecule has 3 atom stereocenters. The molecule has 1 unspecified atom stereocenters. The van der Waals surface area contributed by atoms with Crippen LogP contribution < -0.4 is 5.32 Å². The zero-order valence-electron chi connectivity index (χ0n) is 18.3. The maximum atomic E-state index is 13.1. The molecule has 1 saturated heterocycles. The Morgan fingerprint density at radius 2 is 1.71 bits per heavy atom. The molecule has 7 nitrogen and oxygen atoms in total. The van der Waals surface area contributed by atoms with Gasteiger partial charge in [0.1, 0.15) is 6.04 Å². The largest absolute Gasteiger partial charge is 0.354 e. The van der Waals surface area contributed by atoms with Crippen LogP contribution in [0.4, 0.5) is 0 Å². The second kappa shape index (κ2) is 10.4. The number of hydrogen-bond donors (Lipinski definition) is 1. The Labute approximate surface area is 183 Å². The third-order valence-electron chi connectivity index (χ3n) is 6.06. The third-order valence-corrected chi connectivity index (χ3v) is 6.06. The van der Waals surface area contributed by atoms with E-state index in [0.717, 1.165) is 12.0 Å². The van der Waals surface area contributed by atoms with Crippen molar-refractivity contribution < 1.29 is 19.2 Å². The second-order valence-corrected chi connectivity index (χ2v) is 8.21. The van der Waals surface area contributed by atoms with E-state index in [9.17, 15) is 19.2 Å². The number of rotatable bonds is 9. The zero-order chi connectivity index (χ0) is 22.4. The lowest BCUT2D eigenvalue weighted by Crippen LogP contribution is -2.48. The Kier molecular flexibility index (Phi) is 7.60. The average Bonchev–Trinajstić information content (AvgIpc) is 3.04. The predicted molar refractivity (Wildman–Crippen MR) is 116 cm³/mol. The minimum absolute atomic E-state index is 0.00256. The monoisotopic (exact) mass is 425 g/mol. The molecule has 0 bridgehead atoms. The lowest BCUT2D eigenvalue weighted by molar-refractivity contribution is -0.143. The van der Waals surface area contributed by atoms with Gasteiger partial charge in [0.2, 0.25) is 23.6 Å². The Hall–Kier alpha value is -2.96. The normalized spacial score (nSPS) is 21.0. The number of allylic oxidation sites excluding steroid dienone is 2. The standard InChI is InChI=1S/C24H31N3O4/c1-3-14-25-22(29)17(2)27(16-18-9-5-4-6-10-18)21(28)13-15-26-23(30)19-11-7-8-12-20(19)24(26)31/h4-10,17,19-20H,3,11-16H2,1-2H3,(H,25,29)/t17?,19-,20+. The molecule has 0 aromatic heterocycles. The van der Waals surface area contributed by atoms with E-state index in [1.807, 2.05) is 49.4 Å². The summed E-state index contributed by atoms with van der Waals surface area (Å²) in [6.07, 6.45) is 5.85. The van der Waals surface area contributed by atoms with Gasteiger partial charge in [-0.25, -0.2) is 0 Å². The highest BCUT2D eigenvalue weighted by Crippen LogP contribution is 2.35. The van der Waals surface area contributed by atoms with Crippen molar-refractivity contribution >= 4 is 23.6 Å². The number of amides is 4. The molecular weight excluding hydrogens is 394 g/mol. The van der Waals surface area contributed by atoms with Crippen molar-refractivity contribution in [2.75, 3.05) is 13.1 Å². The summed E-state index contributed by atoms with van der Waals surface area (Å²) in [5.74, 6) is -1.43. The van der Waals surface area contributed by atoms with Gasteiger partial charge in [-0.15, -0.1) is 0 Å². The van der Waals surface area contributed by atoms with Crippen molar-refractivity contribution in [1.82, 2.24) is 15.1 Å². The topological polar surface area (TPSA) is 86.8 Å². The van der Waals surface area contributed by atoms with Gasteiger partial charge in [-0.05, 0) is 31.7 Å². The first kappa shape index (κ1) is 22.7. The average molecular weight is 426 g/mol. The quantitative estimate of drug-likeness (QED) is 0.486. The molecule has 1 heterocycles. The van der Waals surface area contributed by atoms with E-state index in [1.54, 1.807) is 6.92 Å². The summed E-state index contributed by atoms with van der Waals surface area (Å²) in [5.41, 5.74) is 0.913. The molecule has 0 spiro atoms. The van der Waals surface area contributed by atoms with Crippen LogP contribution in [0.25, 0.3) is 0 Å². The molecular formula is C24H31N3O4. The fourth-order valence-corrected chi connectivity index (χ4v) is 4.20. The van der Waals surface area contributed by atoms with Crippen LogP contribution >= 0.6 is 0 Å². The summed E-state index contributed by atoms with van der Waals surface area (Å²) < 4.78 is 0. The SMILES string of the molecule is CCCNC(=O)C(C)N(Cc1ccccc1)C(=O)CCN1C(=O)[C@H]2CC=CC[C@H]2C1=O. The number of likely N-dealkylation sites (tertiary alicyclic amines) is 1. The van der Waals surface area contributed by atoms with Crippen LogP contribution in [0.2, 0.25) is 0 Å². The van der Waals surface area contributed by atoms with E-state index in [2.05, 4.69) is 5.32 Å². The second-order valence-electron chi connectivity index (χ2n) is 8.21. The van der Waals surface area contributed by atoms with Crippen molar-refractivity contribution in [3.63, 3.8) is 0 Å². The van der Waals surface area contributed by atoms with Crippen LogP contribution in [-0.2, 0) is 25.7 Å². The maximum Gasteiger partial charge on any atom is 0.242 e. The lowest BCUT2D eigenvalue weighted by Gasteiger charge is -2.29. The van der Waals surface area contributed by atoms with Crippen molar-refractivity contribution in [3.05, 3.63) is 48.0 Å². The molecule has 7 heteroatoms. The molecule has 2 aliphatic rings. The molecule has 1 aromatic carbocycles. The van der Waals surface area contributed by atoms with Gasteiger partial charge in [-0.2, -0.15) is 0 Å². The van der Waals surface area contributed by atoms with E-state index in [0.29, 0.717) is 19.4 Å². The van der Waals surface area contributed by atoms with Crippen molar-refractivity contribution in [2.24, 2.45) is 11.8 Å². The zero-order valence-corrected chi connectivity index (χ0v) is 18.3. The van der Waals surface area contributed by atoms with Crippen LogP contribution in [0.1, 0.15) is 45.1 Å². The van der Waals surface area contributed by atoms with Crippen molar-refractivity contribution in [3.8, 4) is 0 Å². The maximum absolute atomic E-state index is 13.1. The van der Waals surface area contributed by atoms with Gasteiger partial charge in [0, 0.05) is 26.1 Å². The lowest BCUT2D eigenvalue weighted by atomic mass is 9.85. The number of carbonyl (C=O) groups is 4. The fourth-order valence-electron chi connectivity index (χ4n) is 4.20. The molecule has 0 saturated carbocycles. The molecule has 1 aromatic rings. The molecule has 1 fully saturated rings. The van der Waals surface area contributed by atoms with E-state index < -0.39 is 6.04 Å². The van der Waals surface area contributed by atoms with Crippen LogP contribution in [0.5, 0.6) is 0 Å². The summed E-state index contributed by atoms with van der Waals surface area (Å²) in [6.45, 7) is 4.56. The molecule has 4 amide bonds. The molecule has 3 rings (SSSR count). The van der Waals surface area contributed by atoms with Crippen molar-refractivity contribution in [1.29, 1.82) is 0 Å². The first-order valence-corrected chi connectivity index (χ1v) is 11.0. The third kappa shape index (κ3) is 5.21. The van der Waals surface area contributed by atoms with E-state index in [-0.39, 0.29) is 55.0 Å². The molecule has 166 valence electrons. The fraction of sp³-hybridized carbons (Fsp3) is 0.500. The summed E-state index contributed by atoms with van der Waals surface area (Å²) >= 11 is 0. The summed E-state index contributed by atoms with van der Waals surface area (Å²) in [7, 11) is 0. The minimum Gasteiger partial charge on any atom is -0.354 e. The van der Waals surface area contributed by atoms with Gasteiger partial charge in [0.25, 0.3) is 0 Å². The van der Waals surface area contributed by atoms with Gasteiger partial charge >= 0.3 is 0 Å². The molecule has 31 heavy (non-hydrogen) atoms. The highest BCUT2D eigenvalue weighted by molar-refractivity contribution is 6.05. The number of nitrogens with one attached hydrogen (secondary N) is 1. The Morgan fingerprint density at radius 3 is 2.29 bits per heavy atom. The predicted octanol–water partition coefficient (Wildman–Crippen LogP) is 2.27. The van der Waals surface area contributed by atoms with E-state index >= 15 is 0 Å². The summed E-state index contributed by atoms with van der Waals surface area (Å²) in [6, 6.07) is 8.82. The molecule has 1 aliphatic carbocycles. The van der Waals surface area contributed by atoms with Crippen LogP contribution in [0, 0.1) is 11.8 Å². The summed E-state index contributed by atoms with van der Waals surface area (Å²) in [5, 5.41) is 2.84. The Morgan fingerprint density at radius 1 is 1.10 bits per heavy atom. The molecule has 0 radical (unpaired) electrons. The number of hydrogen-bond acceptors (Lipinski definition) is 4. The van der Waals surface area contributed by atoms with E-state index in [4.69, 9.17) is 0 Å². The van der Waals surface area contributed by atoms with Gasteiger partial charge in [-0.1, -0.05) is 49.4 Å². The number of benzene rings is 1. The van der Waals surface area contributed by atoms with Gasteiger partial charge < -0.3 is 10.2 Å². The number of nitrogens with zero attached hydrogens (tertiary/aromatic N) is 2. The minimum atomic E-state index is -0.656. The van der Waals surface area contributed by atoms with Gasteiger partial charge in [-0.3, -0.25) is 24.1 Å². The number of fused-ring (bicyclic) bond motifs is 1. The van der Waals surface area contributed by atoms with Crippen molar-refractivity contribution in [2.45, 2.75) is 52.1 Å². The molecule has 1 N–H and O–H groups in total. The van der Waals surface area contributed by atoms with Gasteiger partial charge in [0.15, 0.2) is 0 Å². The summed E-state index contributed by atoms with van der Waals surface area (Å²) in [4.78, 5) is 53.8. The van der Waals surface area contributed by atoms with Gasteiger partial charge in [0.05, 0.1) is 11.8 Å². The highest BCUT2D eigenvalue weighted by Gasteiger charge is 2.47. The van der Waals surface area contributed by atoms with Crippen LogP contribution in [-0.4, -0.2) is 52.6 Å². The number of imide groups is 1. The highest BCUT2D eigenvalue weighted by atomic mass is 16.2. The Balaban J connectivity index is 1.68. The van der Waals surface area contributed by atoms with Crippen LogP contribution in [0.15, 0.2) is 42.5 Å². The first-order chi connectivity index (χ1) is 14.9. The van der Waals surface area contributed by atoms with Crippen LogP contribution in [0.3, 0.4) is 0 Å². The van der Waals surface area contributed by atoms with E-state index in [1.165, 1.54) is 9.80 Å². The molecule has 1 aliphatic heterocycles. The Bertz CT molecular complexity index is 826.